The fraction of sp³-hybridized carbons (Fsp3) is 0.514. The molecule has 0 heterocycles. The van der Waals surface area contributed by atoms with Crippen molar-refractivity contribution in [1.29, 1.82) is 0 Å². The van der Waals surface area contributed by atoms with Gasteiger partial charge >= 0.3 is 6.09 Å². The smallest absolute Gasteiger partial charge is 0.407 e. The van der Waals surface area contributed by atoms with Crippen LogP contribution >= 0.6 is 0 Å². The van der Waals surface area contributed by atoms with Crippen LogP contribution in [-0.4, -0.2) is 67.9 Å². The number of halogens is 2. The summed E-state index contributed by atoms with van der Waals surface area (Å²) in [6.45, 7) is 6.24. The van der Waals surface area contributed by atoms with E-state index in [4.69, 9.17) is 4.74 Å². The van der Waals surface area contributed by atoms with Crippen molar-refractivity contribution < 1.29 is 36.6 Å². The average molecular weight is 704 g/mol. The molecule has 0 fully saturated rings. The third-order valence-electron chi connectivity index (χ3n) is 8.49. The molecule has 0 aliphatic heterocycles. The van der Waals surface area contributed by atoms with Gasteiger partial charge < -0.3 is 25.8 Å². The van der Waals surface area contributed by atoms with Crippen molar-refractivity contribution in [2.24, 2.45) is 5.92 Å². The number of carbonyl (C=O) groups is 2. The number of alkyl carbamates (subject to hydrolysis) is 1. The fourth-order valence-electron chi connectivity index (χ4n) is 5.84. The van der Waals surface area contributed by atoms with E-state index in [0.717, 1.165) is 35.7 Å². The SMILES string of the molecule is CCCC(CCC)S(=O)(=O)C[C@H](NC(=O)OCC1C=CC=CC1)C(=O)N[C@@H](Cc1cc(F)cc(F)c1)[C@H](O)CNCc1cccc(CC)c1. The van der Waals surface area contributed by atoms with Gasteiger partial charge in [-0.2, -0.15) is 0 Å². The lowest BCUT2D eigenvalue weighted by molar-refractivity contribution is -0.124. The predicted octanol–water partition coefficient (Wildman–Crippen LogP) is 5.32. The maximum absolute atomic E-state index is 14.1. The number of rotatable bonds is 20. The molecule has 49 heavy (non-hydrogen) atoms. The molecule has 0 spiro atoms. The molecule has 3 rings (SSSR count). The van der Waals surface area contributed by atoms with E-state index in [9.17, 15) is 31.9 Å². The standard InChI is InChI=1S/C37H51F2N3O6S/c1-4-11-32(12-5-2)49(46,47)25-34(42-37(45)48-24-27-13-8-7-9-14-27)36(44)41-33(20-29-18-30(38)21-31(39)19-29)35(43)23-40-22-28-16-10-15-26(6-3)17-28/h7-10,13,15-19,21,27,32-35,40,43H,4-6,11-12,14,20,22-25H2,1-3H3,(H,41,44)(H,42,45)/t27?,33-,34-,35+/m0/s1. The van der Waals surface area contributed by atoms with E-state index in [-0.39, 0.29) is 31.1 Å². The van der Waals surface area contributed by atoms with Gasteiger partial charge in [-0.1, -0.05) is 82.2 Å². The summed E-state index contributed by atoms with van der Waals surface area (Å²) in [5.74, 6) is -3.26. The number of carbonyl (C=O) groups excluding carboxylic acids is 2. The quantitative estimate of drug-likeness (QED) is 0.147. The lowest BCUT2D eigenvalue weighted by Crippen LogP contribution is -2.57. The maximum Gasteiger partial charge on any atom is 0.407 e. The van der Waals surface area contributed by atoms with Gasteiger partial charge in [0.1, 0.15) is 17.7 Å². The summed E-state index contributed by atoms with van der Waals surface area (Å²) in [6, 6.07) is 8.19. The summed E-state index contributed by atoms with van der Waals surface area (Å²) in [4.78, 5) is 26.8. The molecular weight excluding hydrogens is 652 g/mol. The Labute approximate surface area is 289 Å². The van der Waals surface area contributed by atoms with E-state index in [1.54, 1.807) is 0 Å². The maximum atomic E-state index is 14.1. The average Bonchev–Trinajstić information content (AvgIpc) is 3.06. The van der Waals surface area contributed by atoms with Crippen LogP contribution in [-0.2, 0) is 38.8 Å². The summed E-state index contributed by atoms with van der Waals surface area (Å²) in [5.41, 5.74) is 2.31. The zero-order chi connectivity index (χ0) is 35.8. The molecule has 12 heteroatoms. The molecule has 1 aliphatic rings. The molecule has 0 saturated heterocycles. The summed E-state index contributed by atoms with van der Waals surface area (Å²) in [6.07, 6.45) is 8.72. The van der Waals surface area contributed by atoms with E-state index in [0.29, 0.717) is 38.6 Å². The zero-order valence-corrected chi connectivity index (χ0v) is 29.5. The Bertz CT molecular complexity index is 1510. The number of amides is 2. The second-order valence-corrected chi connectivity index (χ2v) is 14.9. The Morgan fingerprint density at radius 2 is 1.65 bits per heavy atom. The number of ether oxygens (including phenoxy) is 1. The molecule has 2 aromatic rings. The van der Waals surface area contributed by atoms with Gasteiger partial charge in [0.25, 0.3) is 0 Å². The lowest BCUT2D eigenvalue weighted by Gasteiger charge is -2.28. The van der Waals surface area contributed by atoms with Crippen molar-refractivity contribution in [3.05, 3.63) is 95.1 Å². The molecule has 0 saturated carbocycles. The minimum Gasteiger partial charge on any atom is -0.449 e. The summed E-state index contributed by atoms with van der Waals surface area (Å²) >= 11 is 0. The molecule has 4 atom stereocenters. The van der Waals surface area contributed by atoms with Crippen molar-refractivity contribution in [3.63, 3.8) is 0 Å². The Kier molecular flexibility index (Phi) is 16.4. The number of nitrogens with one attached hydrogen (secondary N) is 3. The van der Waals surface area contributed by atoms with Gasteiger partial charge in [0.15, 0.2) is 9.84 Å². The minimum atomic E-state index is -3.87. The topological polar surface area (TPSA) is 134 Å². The van der Waals surface area contributed by atoms with E-state index < -0.39 is 62.7 Å². The fourth-order valence-corrected chi connectivity index (χ4v) is 8.00. The van der Waals surface area contributed by atoms with Crippen molar-refractivity contribution in [2.45, 2.75) is 95.7 Å². The molecule has 9 nitrogen and oxygen atoms in total. The van der Waals surface area contributed by atoms with E-state index in [2.05, 4.69) is 16.0 Å². The molecule has 0 aromatic heterocycles. The summed E-state index contributed by atoms with van der Waals surface area (Å²) < 4.78 is 60.8. The molecule has 1 aliphatic carbocycles. The highest BCUT2D eigenvalue weighted by Gasteiger charge is 2.34. The molecule has 0 radical (unpaired) electrons. The van der Waals surface area contributed by atoms with E-state index in [1.165, 1.54) is 0 Å². The molecule has 270 valence electrons. The van der Waals surface area contributed by atoms with Crippen LogP contribution in [0.5, 0.6) is 0 Å². The Morgan fingerprint density at radius 1 is 0.959 bits per heavy atom. The second-order valence-electron chi connectivity index (χ2n) is 12.6. The van der Waals surface area contributed by atoms with Crippen molar-refractivity contribution in [3.8, 4) is 0 Å². The van der Waals surface area contributed by atoms with Gasteiger partial charge in [0.05, 0.1) is 29.8 Å². The van der Waals surface area contributed by atoms with Crippen LogP contribution < -0.4 is 16.0 Å². The van der Waals surface area contributed by atoms with Gasteiger partial charge in [-0.25, -0.2) is 22.0 Å². The molecular formula is C37H51F2N3O6S. The Morgan fingerprint density at radius 3 is 2.29 bits per heavy atom. The number of sulfone groups is 1. The van der Waals surface area contributed by atoms with E-state index in [1.807, 2.05) is 69.3 Å². The minimum absolute atomic E-state index is 0.00401. The van der Waals surface area contributed by atoms with Crippen LogP contribution in [0, 0.1) is 17.6 Å². The van der Waals surface area contributed by atoms with Gasteiger partial charge in [0, 0.05) is 25.1 Å². The monoisotopic (exact) mass is 703 g/mol. The first-order valence-electron chi connectivity index (χ1n) is 17.1. The summed E-state index contributed by atoms with van der Waals surface area (Å²) in [7, 11) is -3.87. The van der Waals surface area contributed by atoms with Crippen molar-refractivity contribution in [2.75, 3.05) is 18.9 Å². The zero-order valence-electron chi connectivity index (χ0n) is 28.7. The van der Waals surface area contributed by atoms with Gasteiger partial charge in [-0.05, 0) is 60.9 Å². The second kappa shape index (κ2) is 20.2. The highest BCUT2D eigenvalue weighted by Crippen LogP contribution is 2.18. The highest BCUT2D eigenvalue weighted by atomic mass is 32.2. The first-order chi connectivity index (χ1) is 23.4. The molecule has 2 amide bonds. The molecule has 4 N–H and O–H groups in total. The number of hydrogen-bond donors (Lipinski definition) is 4. The van der Waals surface area contributed by atoms with Crippen LogP contribution in [0.15, 0.2) is 66.8 Å². The largest absolute Gasteiger partial charge is 0.449 e. The number of aryl methyl sites for hydroxylation is 1. The first-order valence-corrected chi connectivity index (χ1v) is 18.9. The highest BCUT2D eigenvalue weighted by molar-refractivity contribution is 7.92. The number of hydrogen-bond acceptors (Lipinski definition) is 7. The lowest BCUT2D eigenvalue weighted by atomic mass is 10.00. The molecule has 2 aromatic carbocycles. The van der Waals surface area contributed by atoms with Crippen LogP contribution in [0.25, 0.3) is 0 Å². The van der Waals surface area contributed by atoms with Gasteiger partial charge in [0.2, 0.25) is 5.91 Å². The van der Waals surface area contributed by atoms with Gasteiger partial charge in [-0.15, -0.1) is 0 Å². The molecule has 0 bridgehead atoms. The normalized spacial score (nSPS) is 16.3. The number of aliphatic hydroxyl groups is 1. The number of allylic oxidation sites excluding steroid dienone is 3. The molecule has 1 unspecified atom stereocenters. The van der Waals surface area contributed by atoms with Crippen LogP contribution in [0.4, 0.5) is 13.6 Å². The predicted molar refractivity (Wildman–Crippen MR) is 188 cm³/mol. The van der Waals surface area contributed by atoms with Crippen LogP contribution in [0.3, 0.4) is 0 Å². The number of benzene rings is 2. The Balaban J connectivity index is 1.82. The van der Waals surface area contributed by atoms with Crippen LogP contribution in [0.2, 0.25) is 0 Å². The Hall–Kier alpha value is -3.61. The number of aliphatic hydroxyl groups excluding tert-OH is 1. The van der Waals surface area contributed by atoms with Gasteiger partial charge in [-0.3, -0.25) is 4.79 Å². The third-order valence-corrected chi connectivity index (χ3v) is 10.8. The van der Waals surface area contributed by atoms with Crippen LogP contribution in [0.1, 0.15) is 69.6 Å². The van der Waals surface area contributed by atoms with Crippen molar-refractivity contribution >= 4 is 21.8 Å². The van der Waals surface area contributed by atoms with Crippen molar-refractivity contribution in [1.82, 2.24) is 16.0 Å². The third kappa shape index (κ3) is 13.7. The van der Waals surface area contributed by atoms with E-state index >= 15 is 0 Å². The summed E-state index contributed by atoms with van der Waals surface area (Å²) in [5, 5.41) is 18.9. The first kappa shape index (κ1) is 39.8.